The SMILES string of the molecule is CCOC(=O)C[C@H](NC(=O)C(CC(C)C)n1cc(CCCN(C)C)c(C(F)(F)F)cc1=O)c1c(F)c(-c2c(C)ccc(OC)c2C)cc(C(F)(F)F)c1F.COc1ccc(C)c(-c2cc(C(F)(F)F)c(F)c([C@H](CC(=O)O)NC(=O)C(CC(C)C)n3cc(CCCN(C)C)c(C(F)(F)F)cc3=O)c2F)c1C. The van der Waals surface area contributed by atoms with Crippen LogP contribution in [0.1, 0.15) is 164 Å². The van der Waals surface area contributed by atoms with Crippen molar-refractivity contribution in [2.75, 3.05) is 62.1 Å². The molecule has 0 aliphatic rings. The predicted octanol–water partition coefficient (Wildman–Crippen LogP) is 16.2. The number of alkyl halides is 12. The van der Waals surface area contributed by atoms with Crippen molar-refractivity contribution < 1.29 is 109 Å². The van der Waals surface area contributed by atoms with E-state index < -0.39 is 176 Å². The number of carboxylic acid groups (broad SMARTS) is 1. The average Bonchev–Trinajstić information content (AvgIpc) is 0.749. The number of aryl methyl sites for hydroxylation is 4. The van der Waals surface area contributed by atoms with Gasteiger partial charge >= 0.3 is 36.6 Å². The van der Waals surface area contributed by atoms with Gasteiger partial charge in [0.1, 0.15) is 46.9 Å². The van der Waals surface area contributed by atoms with Crippen molar-refractivity contribution in [2.45, 2.75) is 163 Å². The number of carbonyl (C=O) groups excluding carboxylic acids is 3. The van der Waals surface area contributed by atoms with Crippen molar-refractivity contribution in [3.8, 4) is 33.8 Å². The molecule has 4 aromatic carbocycles. The highest BCUT2D eigenvalue weighted by atomic mass is 19.4. The van der Waals surface area contributed by atoms with Crippen LogP contribution in [0.4, 0.5) is 70.2 Å². The van der Waals surface area contributed by atoms with Crippen molar-refractivity contribution in [3.63, 3.8) is 0 Å². The Labute approximate surface area is 602 Å². The Morgan fingerprint density at radius 2 is 0.858 bits per heavy atom. The van der Waals surface area contributed by atoms with E-state index >= 15 is 17.6 Å². The van der Waals surface area contributed by atoms with Gasteiger partial charge in [-0.3, -0.25) is 28.8 Å². The van der Waals surface area contributed by atoms with Gasteiger partial charge in [0.05, 0.1) is 68.0 Å². The van der Waals surface area contributed by atoms with E-state index in [0.29, 0.717) is 36.9 Å². The summed E-state index contributed by atoms with van der Waals surface area (Å²) in [5, 5.41) is 14.1. The van der Waals surface area contributed by atoms with Crippen molar-refractivity contribution in [2.24, 2.45) is 11.8 Å². The molecule has 4 atom stereocenters. The first kappa shape index (κ1) is 87.7. The van der Waals surface area contributed by atoms with Gasteiger partial charge in [-0.15, -0.1) is 0 Å². The number of aliphatic carboxylic acids is 1. The monoisotopic (exact) mass is 1520 g/mol. The Balaban J connectivity index is 0.000000381. The smallest absolute Gasteiger partial charge is 0.419 e. The summed E-state index contributed by atoms with van der Waals surface area (Å²) in [6.45, 7) is 14.3. The number of amides is 2. The maximum absolute atomic E-state index is 16.8. The third kappa shape index (κ3) is 21.9. The fourth-order valence-corrected chi connectivity index (χ4v) is 12.5. The van der Waals surface area contributed by atoms with Gasteiger partial charge < -0.3 is 48.9 Å². The Morgan fingerprint density at radius 3 is 1.15 bits per heavy atom. The topological polar surface area (TPSA) is 191 Å². The largest absolute Gasteiger partial charge is 0.496 e. The zero-order valence-corrected chi connectivity index (χ0v) is 61.0. The Morgan fingerprint density at radius 1 is 0.519 bits per heavy atom. The minimum absolute atomic E-state index is 0.0596. The van der Waals surface area contributed by atoms with Gasteiger partial charge in [-0.25, -0.2) is 17.6 Å². The molecule has 0 saturated carbocycles. The number of carbonyl (C=O) groups is 4. The van der Waals surface area contributed by atoms with Crippen LogP contribution in [0.2, 0.25) is 0 Å². The summed E-state index contributed by atoms with van der Waals surface area (Å²) in [6.07, 6.45) is -21.4. The van der Waals surface area contributed by atoms with Crippen LogP contribution in [0.5, 0.6) is 11.5 Å². The Hall–Kier alpha value is -8.94. The van der Waals surface area contributed by atoms with Gasteiger partial charge in [-0.05, 0) is 195 Å². The summed E-state index contributed by atoms with van der Waals surface area (Å²) >= 11 is 0. The second-order valence-corrected chi connectivity index (χ2v) is 26.9. The number of nitrogens with zero attached hydrogens (tertiary/aromatic N) is 4. The lowest BCUT2D eigenvalue weighted by molar-refractivity contribution is -0.144. The predicted molar refractivity (Wildman–Crippen MR) is 363 cm³/mol. The second-order valence-electron chi connectivity index (χ2n) is 26.9. The normalized spacial score (nSPS) is 13.3. The molecule has 2 unspecified atom stereocenters. The van der Waals surface area contributed by atoms with Crippen LogP contribution in [-0.2, 0) is 61.5 Å². The van der Waals surface area contributed by atoms with Gasteiger partial charge in [-0.2, -0.15) is 52.7 Å². The molecule has 6 aromatic rings. The maximum atomic E-state index is 16.8. The summed E-state index contributed by atoms with van der Waals surface area (Å²) in [7, 11) is 9.43. The Bertz CT molecular complexity index is 4280. The van der Waals surface area contributed by atoms with E-state index in [1.807, 2.05) is 0 Å². The number of ether oxygens (including phenoxy) is 3. The van der Waals surface area contributed by atoms with E-state index in [1.165, 1.54) is 73.1 Å². The van der Waals surface area contributed by atoms with Crippen molar-refractivity contribution >= 4 is 23.8 Å². The maximum Gasteiger partial charge on any atom is 0.419 e. The van der Waals surface area contributed by atoms with Crippen molar-refractivity contribution in [1.82, 2.24) is 29.6 Å². The van der Waals surface area contributed by atoms with Crippen LogP contribution in [0.15, 0.2) is 70.5 Å². The molecule has 2 aromatic heterocycles. The molecule has 0 saturated heterocycles. The van der Waals surface area contributed by atoms with Crippen LogP contribution in [-0.4, -0.2) is 110 Å². The number of aromatic nitrogens is 2. The minimum atomic E-state index is -5.41. The van der Waals surface area contributed by atoms with E-state index in [1.54, 1.807) is 65.7 Å². The van der Waals surface area contributed by atoms with Crippen LogP contribution in [0.3, 0.4) is 0 Å². The van der Waals surface area contributed by atoms with Crippen LogP contribution < -0.4 is 31.2 Å². The zero-order valence-electron chi connectivity index (χ0n) is 61.0. The van der Waals surface area contributed by atoms with Gasteiger partial charge in [-0.1, -0.05) is 39.8 Å². The molecule has 584 valence electrons. The zero-order chi connectivity index (χ0) is 80.3. The third-order valence-corrected chi connectivity index (χ3v) is 17.4. The van der Waals surface area contributed by atoms with Gasteiger partial charge in [0.2, 0.25) is 11.8 Å². The second kappa shape index (κ2) is 36.1. The van der Waals surface area contributed by atoms with Crippen LogP contribution >= 0.6 is 0 Å². The molecule has 0 aliphatic heterocycles. The summed E-state index contributed by atoms with van der Waals surface area (Å²) < 4.78 is 253. The molecule has 0 radical (unpaired) electrons. The standard InChI is InChI=1S/C38H45F8N3O5.C36H41F8N3O5/c1-9-54-31(51)18-27(33-34(39)24(16-26(35(33)40)38(44,45)46)32-21(4)12-13-29(53-8)22(32)5)47-36(52)28(15-20(2)3)49-19-23(11-10-14-48(6)7)25(17-30(49)50)37(41,42)43;1-18(2)13-26(47-17-21(9-8-12-46(5)6)23(15-28(47)48)35(39,40)41)34(51)45-25(16-29(49)50)31-32(37)22(14-24(33(31)38)36(42,43)44)30-19(3)10-11-27(52-7)20(30)4/h12-13,16-17,19-20,27-28H,9-11,14-15,18H2,1-8H3,(H,47,52);10-11,14-15,17-18,25-26H,8-9,12-13,16H2,1-7H3,(H,45,51)(H,49,50)/t27-,28?;25-,26?/m00/s1. The first-order valence-corrected chi connectivity index (χ1v) is 33.4. The van der Waals surface area contributed by atoms with Gasteiger partial charge in [0, 0.05) is 46.8 Å². The minimum Gasteiger partial charge on any atom is -0.496 e. The molecule has 0 spiro atoms. The Kier molecular flexibility index (Phi) is 29.9. The van der Waals surface area contributed by atoms with E-state index in [4.69, 9.17) is 14.2 Å². The fraction of sp³-hybridized carbons (Fsp3) is 0.486. The number of rotatable bonds is 29. The average molecular weight is 1520 g/mol. The lowest BCUT2D eigenvalue weighted by Crippen LogP contribution is -2.41. The van der Waals surface area contributed by atoms with Crippen molar-refractivity contribution in [1.29, 1.82) is 0 Å². The number of benzene rings is 4. The molecule has 32 heteroatoms. The molecule has 2 amide bonds. The highest BCUT2D eigenvalue weighted by Crippen LogP contribution is 2.46. The number of nitrogens with one attached hydrogen (secondary N) is 2. The number of hydrogen-bond donors (Lipinski definition) is 3. The van der Waals surface area contributed by atoms with Crippen LogP contribution in [0, 0.1) is 62.8 Å². The molecule has 106 heavy (non-hydrogen) atoms. The number of halogens is 16. The van der Waals surface area contributed by atoms with Gasteiger partial charge in [0.25, 0.3) is 11.1 Å². The summed E-state index contributed by atoms with van der Waals surface area (Å²) in [6, 6.07) is -0.540. The summed E-state index contributed by atoms with van der Waals surface area (Å²) in [5.41, 5.74) is -12.7. The molecule has 0 aliphatic carbocycles. The first-order valence-electron chi connectivity index (χ1n) is 33.4. The lowest BCUT2D eigenvalue weighted by Gasteiger charge is -2.28. The van der Waals surface area contributed by atoms with Crippen LogP contribution in [0.25, 0.3) is 22.3 Å². The number of esters is 1. The van der Waals surface area contributed by atoms with E-state index in [9.17, 15) is 86.6 Å². The lowest BCUT2D eigenvalue weighted by atomic mass is 9.88. The number of methoxy groups -OCH3 is 2. The number of pyridine rings is 2. The van der Waals surface area contributed by atoms with E-state index in [2.05, 4.69) is 10.6 Å². The fourth-order valence-electron chi connectivity index (χ4n) is 12.5. The van der Waals surface area contributed by atoms with E-state index in [0.717, 1.165) is 21.5 Å². The molecule has 6 rings (SSSR count). The molecule has 2 heterocycles. The molecular weight excluding hydrogens is 1440 g/mol. The summed E-state index contributed by atoms with van der Waals surface area (Å²) in [5.74, 6) is -13.2. The highest BCUT2D eigenvalue weighted by Gasteiger charge is 2.44. The third-order valence-electron chi connectivity index (χ3n) is 17.4. The molecular formula is C74H86F16N6O10. The molecule has 0 fully saturated rings. The van der Waals surface area contributed by atoms with Gasteiger partial charge in [0.15, 0.2) is 0 Å². The van der Waals surface area contributed by atoms with Crippen molar-refractivity contribution in [3.05, 3.63) is 172 Å². The number of carboxylic acids is 1. The first-order chi connectivity index (χ1) is 49.0. The van der Waals surface area contributed by atoms with E-state index in [-0.39, 0.29) is 102 Å². The number of hydrogen-bond acceptors (Lipinski definition) is 11. The summed E-state index contributed by atoms with van der Waals surface area (Å²) in [4.78, 5) is 82.9. The molecule has 16 nitrogen and oxygen atoms in total. The molecule has 3 N–H and O–H groups in total. The highest BCUT2D eigenvalue weighted by molar-refractivity contribution is 5.84. The quantitative estimate of drug-likeness (QED) is 0.0298. The molecule has 0 bridgehead atoms.